The highest BCUT2D eigenvalue weighted by molar-refractivity contribution is 7.09. The number of hydrogen-bond donors (Lipinski definition) is 1. The first-order chi connectivity index (χ1) is 7.22. The average molecular weight is 225 g/mol. The van der Waals surface area contributed by atoms with E-state index in [0.717, 1.165) is 13.1 Å². The van der Waals surface area contributed by atoms with E-state index in [0.29, 0.717) is 5.41 Å². The number of hydrogen-bond acceptors (Lipinski definition) is 4. The van der Waals surface area contributed by atoms with Gasteiger partial charge in [0.15, 0.2) is 0 Å². The van der Waals surface area contributed by atoms with Crippen LogP contribution in [0.3, 0.4) is 0 Å². The molecule has 1 fully saturated rings. The molecule has 3 nitrogen and oxygen atoms in total. The van der Waals surface area contributed by atoms with Gasteiger partial charge in [0.1, 0.15) is 5.01 Å². The Morgan fingerprint density at radius 3 is 3.20 bits per heavy atom. The van der Waals surface area contributed by atoms with E-state index in [1.165, 1.54) is 24.5 Å². The van der Waals surface area contributed by atoms with Gasteiger partial charge in [-0.25, -0.2) is 4.98 Å². The summed E-state index contributed by atoms with van der Waals surface area (Å²) in [6, 6.07) is 0. The second-order valence-electron chi connectivity index (χ2n) is 4.73. The molecule has 2 heterocycles. The molecule has 0 spiro atoms. The molecule has 4 heteroatoms. The van der Waals surface area contributed by atoms with Crippen LogP contribution >= 0.6 is 11.3 Å². The molecule has 1 aliphatic heterocycles. The van der Waals surface area contributed by atoms with E-state index in [4.69, 9.17) is 0 Å². The first-order valence-electron chi connectivity index (χ1n) is 5.47. The Morgan fingerprint density at radius 1 is 1.67 bits per heavy atom. The van der Waals surface area contributed by atoms with Crippen molar-refractivity contribution in [1.29, 1.82) is 0 Å². The highest BCUT2D eigenvalue weighted by Gasteiger charge is 2.33. The predicted molar refractivity (Wildman–Crippen MR) is 64.0 cm³/mol. The number of thiazole rings is 1. The average Bonchev–Trinajstić information content (AvgIpc) is 2.78. The van der Waals surface area contributed by atoms with Crippen molar-refractivity contribution < 1.29 is 0 Å². The van der Waals surface area contributed by atoms with Gasteiger partial charge in [0.25, 0.3) is 0 Å². The summed E-state index contributed by atoms with van der Waals surface area (Å²) in [5.41, 5.74) is 0.450. The summed E-state index contributed by atoms with van der Waals surface area (Å²) in [5, 5.41) is 6.58. The minimum absolute atomic E-state index is 0.450. The van der Waals surface area contributed by atoms with Crippen molar-refractivity contribution in [2.24, 2.45) is 5.41 Å². The van der Waals surface area contributed by atoms with E-state index in [2.05, 4.69) is 27.5 Å². The summed E-state index contributed by atoms with van der Waals surface area (Å²) in [6.45, 7) is 6.90. The highest BCUT2D eigenvalue weighted by Crippen LogP contribution is 2.30. The highest BCUT2D eigenvalue weighted by atomic mass is 32.1. The molecule has 0 radical (unpaired) electrons. The van der Waals surface area contributed by atoms with E-state index < -0.39 is 0 Å². The molecule has 1 aromatic rings. The Bertz CT molecular complexity index is 299. The fraction of sp³-hybridized carbons (Fsp3) is 0.727. The molecule has 0 aromatic carbocycles. The SMILES string of the molecule is CNCC1(C)CCN(Cc2nccs2)C1. The Labute approximate surface area is 95.5 Å². The minimum atomic E-state index is 0.450. The third kappa shape index (κ3) is 2.77. The van der Waals surface area contributed by atoms with Crippen LogP contribution < -0.4 is 5.32 Å². The molecule has 2 rings (SSSR count). The van der Waals surface area contributed by atoms with Gasteiger partial charge in [-0.1, -0.05) is 6.92 Å². The minimum Gasteiger partial charge on any atom is -0.319 e. The third-order valence-electron chi connectivity index (χ3n) is 3.08. The van der Waals surface area contributed by atoms with Crippen molar-refractivity contribution in [3.05, 3.63) is 16.6 Å². The molecule has 1 saturated heterocycles. The fourth-order valence-corrected chi connectivity index (χ4v) is 3.01. The lowest BCUT2D eigenvalue weighted by Gasteiger charge is -2.23. The van der Waals surface area contributed by atoms with Crippen LogP contribution in [0.1, 0.15) is 18.4 Å². The second-order valence-corrected chi connectivity index (χ2v) is 5.71. The van der Waals surface area contributed by atoms with Gasteiger partial charge in [-0.2, -0.15) is 0 Å². The lowest BCUT2D eigenvalue weighted by molar-refractivity contribution is 0.265. The maximum atomic E-state index is 4.33. The number of rotatable bonds is 4. The zero-order chi connectivity index (χ0) is 10.7. The largest absolute Gasteiger partial charge is 0.319 e. The molecule has 1 unspecified atom stereocenters. The smallest absolute Gasteiger partial charge is 0.107 e. The van der Waals surface area contributed by atoms with Crippen LogP contribution in [0.25, 0.3) is 0 Å². The van der Waals surface area contributed by atoms with Crippen LogP contribution in [-0.4, -0.2) is 36.6 Å². The second kappa shape index (κ2) is 4.60. The number of likely N-dealkylation sites (tertiary alicyclic amines) is 1. The summed E-state index contributed by atoms with van der Waals surface area (Å²) in [7, 11) is 2.04. The monoisotopic (exact) mass is 225 g/mol. The Morgan fingerprint density at radius 2 is 2.53 bits per heavy atom. The van der Waals surface area contributed by atoms with Crippen molar-refractivity contribution in [2.45, 2.75) is 19.9 Å². The van der Waals surface area contributed by atoms with Gasteiger partial charge in [-0.05, 0) is 25.4 Å². The number of nitrogens with one attached hydrogen (secondary N) is 1. The molecule has 1 aromatic heterocycles. The van der Waals surface area contributed by atoms with Crippen molar-refractivity contribution in [3.8, 4) is 0 Å². The summed E-state index contributed by atoms with van der Waals surface area (Å²) < 4.78 is 0. The summed E-state index contributed by atoms with van der Waals surface area (Å²) >= 11 is 1.75. The molecular formula is C11H19N3S. The molecular weight excluding hydrogens is 206 g/mol. The molecule has 0 aliphatic carbocycles. The topological polar surface area (TPSA) is 28.2 Å². The maximum Gasteiger partial charge on any atom is 0.107 e. The van der Waals surface area contributed by atoms with Crippen molar-refractivity contribution in [3.63, 3.8) is 0 Å². The van der Waals surface area contributed by atoms with Gasteiger partial charge in [0.2, 0.25) is 0 Å². The van der Waals surface area contributed by atoms with Gasteiger partial charge in [0, 0.05) is 24.7 Å². The normalized spacial score (nSPS) is 27.3. The predicted octanol–water partition coefficient (Wildman–Crippen LogP) is 1.57. The fourth-order valence-electron chi connectivity index (χ4n) is 2.35. The Kier molecular flexibility index (Phi) is 3.38. The first kappa shape index (κ1) is 11.0. The molecule has 1 N–H and O–H groups in total. The molecule has 84 valence electrons. The van der Waals surface area contributed by atoms with Gasteiger partial charge in [-0.3, -0.25) is 4.90 Å². The summed E-state index contributed by atoms with van der Waals surface area (Å²) in [6.07, 6.45) is 3.18. The lowest BCUT2D eigenvalue weighted by atomic mass is 9.90. The molecule has 15 heavy (non-hydrogen) atoms. The third-order valence-corrected chi connectivity index (χ3v) is 3.85. The summed E-state index contributed by atoms with van der Waals surface area (Å²) in [5.74, 6) is 0. The van der Waals surface area contributed by atoms with Gasteiger partial charge < -0.3 is 5.32 Å². The van der Waals surface area contributed by atoms with Crippen molar-refractivity contribution >= 4 is 11.3 Å². The molecule has 1 atom stereocenters. The number of aromatic nitrogens is 1. The van der Waals surface area contributed by atoms with Crippen molar-refractivity contribution in [1.82, 2.24) is 15.2 Å². The van der Waals surface area contributed by atoms with E-state index in [-0.39, 0.29) is 0 Å². The lowest BCUT2D eigenvalue weighted by Crippen LogP contribution is -2.32. The molecule has 0 saturated carbocycles. The zero-order valence-corrected chi connectivity index (χ0v) is 10.3. The molecule has 1 aliphatic rings. The van der Waals surface area contributed by atoms with Gasteiger partial charge in [-0.15, -0.1) is 11.3 Å². The van der Waals surface area contributed by atoms with Gasteiger partial charge in [0.05, 0.1) is 6.54 Å². The number of nitrogens with zero attached hydrogens (tertiary/aromatic N) is 2. The van der Waals surface area contributed by atoms with Crippen LogP contribution in [0, 0.1) is 5.41 Å². The van der Waals surface area contributed by atoms with E-state index in [9.17, 15) is 0 Å². The maximum absolute atomic E-state index is 4.33. The van der Waals surface area contributed by atoms with Crippen molar-refractivity contribution in [2.75, 3.05) is 26.7 Å². The van der Waals surface area contributed by atoms with Gasteiger partial charge >= 0.3 is 0 Å². The zero-order valence-electron chi connectivity index (χ0n) is 9.49. The van der Waals surface area contributed by atoms with E-state index in [1.807, 2.05) is 13.2 Å². The van der Waals surface area contributed by atoms with E-state index in [1.54, 1.807) is 11.3 Å². The molecule has 0 bridgehead atoms. The first-order valence-corrected chi connectivity index (χ1v) is 6.35. The van der Waals surface area contributed by atoms with Crippen LogP contribution in [0.2, 0.25) is 0 Å². The summed E-state index contributed by atoms with van der Waals surface area (Å²) in [4.78, 5) is 6.84. The quantitative estimate of drug-likeness (QED) is 0.843. The van der Waals surface area contributed by atoms with E-state index >= 15 is 0 Å². The standard InChI is InChI=1S/C11H19N3S/c1-11(8-12-2)3-5-14(9-11)7-10-13-4-6-15-10/h4,6,12H,3,5,7-9H2,1-2H3. The van der Waals surface area contributed by atoms with Crippen LogP contribution in [0.5, 0.6) is 0 Å². The molecule has 0 amide bonds. The van der Waals surface area contributed by atoms with Crippen LogP contribution in [0.4, 0.5) is 0 Å². The Balaban J connectivity index is 1.87. The van der Waals surface area contributed by atoms with Crippen LogP contribution in [-0.2, 0) is 6.54 Å². The Hall–Kier alpha value is -0.450. The van der Waals surface area contributed by atoms with Crippen LogP contribution in [0.15, 0.2) is 11.6 Å².